The highest BCUT2D eigenvalue weighted by molar-refractivity contribution is 6.30. The highest BCUT2D eigenvalue weighted by atomic mass is 35.5. The molecule has 0 radical (unpaired) electrons. The molecule has 1 unspecified atom stereocenters. The minimum absolute atomic E-state index is 0.0269. The molecule has 170 valence electrons. The van der Waals surface area contributed by atoms with Crippen LogP contribution >= 0.6 is 11.6 Å². The number of nitrogens with zero attached hydrogens (tertiary/aromatic N) is 3. The molecule has 2 heterocycles. The van der Waals surface area contributed by atoms with E-state index in [1.807, 2.05) is 28.0 Å². The van der Waals surface area contributed by atoms with E-state index in [1.54, 1.807) is 0 Å². The summed E-state index contributed by atoms with van der Waals surface area (Å²) in [6.45, 7) is 2.02. The fraction of sp³-hybridized carbons (Fsp3) is 0.458. The van der Waals surface area contributed by atoms with Gasteiger partial charge in [0.05, 0.1) is 23.0 Å². The number of carbonyl (C=O) groups is 1. The third-order valence-electron chi connectivity index (χ3n) is 6.69. The van der Waals surface area contributed by atoms with Crippen molar-refractivity contribution in [1.82, 2.24) is 4.90 Å². The third-order valence-corrected chi connectivity index (χ3v) is 6.93. The molecule has 1 aliphatic carbocycles. The van der Waals surface area contributed by atoms with Gasteiger partial charge in [-0.25, -0.2) is 0 Å². The van der Waals surface area contributed by atoms with Gasteiger partial charge in [-0.3, -0.25) is 9.69 Å². The Morgan fingerprint density at radius 3 is 2.47 bits per heavy atom. The van der Waals surface area contributed by atoms with Gasteiger partial charge in [0, 0.05) is 30.7 Å². The summed E-state index contributed by atoms with van der Waals surface area (Å²) in [5, 5.41) is 0.264. The highest BCUT2D eigenvalue weighted by Gasteiger charge is 2.40. The van der Waals surface area contributed by atoms with Gasteiger partial charge in [0.1, 0.15) is 0 Å². The van der Waals surface area contributed by atoms with Gasteiger partial charge >= 0.3 is 6.18 Å². The molecule has 0 bridgehead atoms. The molecule has 0 N–H and O–H groups in total. The normalized spacial score (nSPS) is 21.7. The number of para-hydroxylation sites is 2. The van der Waals surface area contributed by atoms with Crippen molar-refractivity contribution in [3.05, 3.63) is 58.6 Å². The molecular formula is C24H25ClF3N3O. The number of benzene rings is 2. The summed E-state index contributed by atoms with van der Waals surface area (Å²) in [7, 11) is 0. The molecule has 4 nitrogen and oxygen atoms in total. The van der Waals surface area contributed by atoms with Crippen molar-refractivity contribution < 1.29 is 18.0 Å². The average molecular weight is 464 g/mol. The van der Waals surface area contributed by atoms with E-state index in [0.29, 0.717) is 25.6 Å². The maximum Gasteiger partial charge on any atom is 0.416 e. The predicted molar refractivity (Wildman–Crippen MR) is 119 cm³/mol. The SMILES string of the molecule is O=C(C1CCCN1Cc1cc(Cl)ccc1C(F)(F)F)N1CCN(C2CC2)c2ccccc21. The fourth-order valence-corrected chi connectivity index (χ4v) is 5.24. The van der Waals surface area contributed by atoms with E-state index in [4.69, 9.17) is 11.6 Å². The van der Waals surface area contributed by atoms with Gasteiger partial charge in [-0.05, 0) is 68.1 Å². The number of carbonyl (C=O) groups excluding carboxylic acids is 1. The number of hydrogen-bond acceptors (Lipinski definition) is 3. The van der Waals surface area contributed by atoms with Gasteiger partial charge in [-0.15, -0.1) is 0 Å². The number of amides is 1. The summed E-state index contributed by atoms with van der Waals surface area (Å²) in [6, 6.07) is 11.7. The van der Waals surface area contributed by atoms with Crippen LogP contribution in [-0.4, -0.2) is 42.5 Å². The molecule has 1 saturated carbocycles. The van der Waals surface area contributed by atoms with Crippen LogP contribution in [0.1, 0.15) is 36.8 Å². The van der Waals surface area contributed by atoms with E-state index < -0.39 is 17.8 Å². The number of hydrogen-bond donors (Lipinski definition) is 0. The zero-order chi connectivity index (χ0) is 22.5. The smallest absolute Gasteiger partial charge is 0.365 e. The minimum atomic E-state index is -4.46. The van der Waals surface area contributed by atoms with Crippen LogP contribution in [0.5, 0.6) is 0 Å². The summed E-state index contributed by atoms with van der Waals surface area (Å²) in [5.74, 6) is -0.0269. The maximum atomic E-state index is 13.6. The Labute approximate surface area is 190 Å². The molecule has 2 fully saturated rings. The van der Waals surface area contributed by atoms with Gasteiger partial charge in [0.15, 0.2) is 0 Å². The number of rotatable bonds is 4. The van der Waals surface area contributed by atoms with Gasteiger partial charge < -0.3 is 9.80 Å². The maximum absolute atomic E-state index is 13.6. The first-order valence-electron chi connectivity index (χ1n) is 11.1. The van der Waals surface area contributed by atoms with Crippen LogP contribution in [0.25, 0.3) is 0 Å². The van der Waals surface area contributed by atoms with E-state index in [0.717, 1.165) is 30.4 Å². The second-order valence-corrected chi connectivity index (χ2v) is 9.27. The Kier molecular flexibility index (Phi) is 5.58. The Balaban J connectivity index is 1.39. The first-order valence-corrected chi connectivity index (χ1v) is 11.5. The molecule has 5 rings (SSSR count). The highest BCUT2D eigenvalue weighted by Crippen LogP contribution is 2.41. The predicted octanol–water partition coefficient (Wildman–Crippen LogP) is 5.34. The van der Waals surface area contributed by atoms with Crippen LogP contribution in [0.15, 0.2) is 42.5 Å². The van der Waals surface area contributed by atoms with Gasteiger partial charge in [-0.1, -0.05) is 23.7 Å². The first kappa shape index (κ1) is 21.6. The molecule has 1 amide bonds. The van der Waals surface area contributed by atoms with E-state index in [9.17, 15) is 18.0 Å². The lowest BCUT2D eigenvalue weighted by atomic mass is 10.1. The summed E-state index contributed by atoms with van der Waals surface area (Å²) >= 11 is 6.01. The van der Waals surface area contributed by atoms with Gasteiger partial charge in [0.25, 0.3) is 0 Å². The molecule has 2 aliphatic heterocycles. The van der Waals surface area contributed by atoms with E-state index >= 15 is 0 Å². The lowest BCUT2D eigenvalue weighted by molar-refractivity contribution is -0.138. The minimum Gasteiger partial charge on any atom is -0.365 e. The molecule has 3 aliphatic rings. The largest absolute Gasteiger partial charge is 0.416 e. The van der Waals surface area contributed by atoms with Crippen molar-refractivity contribution in [2.75, 3.05) is 29.4 Å². The van der Waals surface area contributed by atoms with Crippen molar-refractivity contribution in [3.8, 4) is 0 Å². The fourth-order valence-electron chi connectivity index (χ4n) is 5.04. The molecule has 1 atom stereocenters. The van der Waals surface area contributed by atoms with E-state index in [2.05, 4.69) is 11.0 Å². The van der Waals surface area contributed by atoms with Crippen LogP contribution in [0.2, 0.25) is 5.02 Å². The quantitative estimate of drug-likeness (QED) is 0.612. The molecule has 32 heavy (non-hydrogen) atoms. The molecule has 0 aromatic heterocycles. The Hall–Kier alpha value is -2.25. The van der Waals surface area contributed by atoms with Crippen molar-refractivity contribution in [1.29, 1.82) is 0 Å². The topological polar surface area (TPSA) is 26.8 Å². The number of fused-ring (bicyclic) bond motifs is 1. The molecule has 1 saturated heterocycles. The summed E-state index contributed by atoms with van der Waals surface area (Å²) < 4.78 is 40.6. The third kappa shape index (κ3) is 4.08. The summed E-state index contributed by atoms with van der Waals surface area (Å²) in [5.41, 5.74) is 1.40. The molecular weight excluding hydrogens is 439 g/mol. The number of likely N-dealkylation sites (tertiary alicyclic amines) is 1. The Morgan fingerprint density at radius 2 is 1.75 bits per heavy atom. The number of alkyl halides is 3. The van der Waals surface area contributed by atoms with Crippen LogP contribution in [-0.2, 0) is 17.5 Å². The van der Waals surface area contributed by atoms with Crippen LogP contribution in [0, 0.1) is 0 Å². The van der Waals surface area contributed by atoms with Crippen LogP contribution < -0.4 is 9.80 Å². The molecule has 2 aromatic rings. The molecule has 2 aromatic carbocycles. The Bertz CT molecular complexity index is 1020. The van der Waals surface area contributed by atoms with Gasteiger partial charge in [-0.2, -0.15) is 13.2 Å². The lowest BCUT2D eigenvalue weighted by Gasteiger charge is -2.40. The van der Waals surface area contributed by atoms with Crippen LogP contribution in [0.3, 0.4) is 0 Å². The monoisotopic (exact) mass is 463 g/mol. The van der Waals surface area contributed by atoms with Crippen molar-refractivity contribution in [2.24, 2.45) is 0 Å². The number of anilines is 2. The van der Waals surface area contributed by atoms with Gasteiger partial charge in [0.2, 0.25) is 5.91 Å². The van der Waals surface area contributed by atoms with Crippen molar-refractivity contribution >= 4 is 28.9 Å². The zero-order valence-corrected chi connectivity index (χ0v) is 18.4. The molecule has 8 heteroatoms. The lowest BCUT2D eigenvalue weighted by Crippen LogP contribution is -2.51. The van der Waals surface area contributed by atoms with Crippen molar-refractivity contribution in [3.63, 3.8) is 0 Å². The Morgan fingerprint density at radius 1 is 1.00 bits per heavy atom. The second-order valence-electron chi connectivity index (χ2n) is 8.83. The van der Waals surface area contributed by atoms with E-state index in [-0.39, 0.29) is 23.0 Å². The average Bonchev–Trinajstić information content (AvgIpc) is 3.50. The summed E-state index contributed by atoms with van der Waals surface area (Å²) in [6.07, 6.45) is -0.676. The summed E-state index contributed by atoms with van der Waals surface area (Å²) in [4.78, 5) is 19.7. The standard InChI is InChI=1S/C24H25ClF3N3O/c25-17-7-10-19(24(26,27)28)16(14-17)15-29-11-3-6-22(29)23(32)31-13-12-30(18-8-9-18)20-4-1-2-5-21(20)31/h1-2,4-5,7,10,14,18,22H,3,6,8-9,11-13,15H2. The second kappa shape index (κ2) is 8.27. The molecule has 0 spiro atoms. The van der Waals surface area contributed by atoms with Crippen molar-refractivity contribution in [2.45, 2.75) is 50.5 Å². The van der Waals surface area contributed by atoms with E-state index in [1.165, 1.54) is 25.0 Å². The number of halogens is 4. The van der Waals surface area contributed by atoms with Crippen LogP contribution in [0.4, 0.5) is 24.5 Å². The zero-order valence-electron chi connectivity index (χ0n) is 17.6. The first-order chi connectivity index (χ1) is 15.3.